The van der Waals surface area contributed by atoms with E-state index in [2.05, 4.69) is 10.1 Å². The second kappa shape index (κ2) is 6.94. The van der Waals surface area contributed by atoms with Crippen LogP contribution in [0.3, 0.4) is 0 Å². The summed E-state index contributed by atoms with van der Waals surface area (Å²) < 4.78 is 0. The zero-order valence-corrected chi connectivity index (χ0v) is 15.7. The van der Waals surface area contributed by atoms with Gasteiger partial charge in [-0.05, 0) is 25.5 Å². The lowest BCUT2D eigenvalue weighted by Gasteiger charge is -2.31. The van der Waals surface area contributed by atoms with E-state index < -0.39 is 6.10 Å². The van der Waals surface area contributed by atoms with Crippen LogP contribution in [-0.2, 0) is 22.6 Å². The highest BCUT2D eigenvalue weighted by molar-refractivity contribution is 5.91. The minimum Gasteiger partial charge on any atom is -0.382 e. The van der Waals surface area contributed by atoms with Gasteiger partial charge in [0.15, 0.2) is 5.82 Å². The lowest BCUT2D eigenvalue weighted by Crippen LogP contribution is -2.43. The van der Waals surface area contributed by atoms with Gasteiger partial charge in [-0.15, -0.1) is 0 Å². The highest BCUT2D eigenvalue weighted by Gasteiger charge is 2.33. The van der Waals surface area contributed by atoms with Crippen molar-refractivity contribution in [2.24, 2.45) is 5.16 Å². The summed E-state index contributed by atoms with van der Waals surface area (Å²) in [6, 6.07) is 3.78. The molecule has 2 aliphatic heterocycles. The van der Waals surface area contributed by atoms with Crippen LogP contribution in [0.15, 0.2) is 29.7 Å². The second-order valence-corrected chi connectivity index (χ2v) is 7.06. The van der Waals surface area contributed by atoms with Gasteiger partial charge in [-0.25, -0.2) is 9.97 Å². The standard InChI is InChI=1S/C19H22N6O2/c1-12-10-16(27-23-12)19(26)25-9-6-14-15(11-25)21-17(22-18(14)24(2)3)13-4-7-20-8-5-13/h4-5,7-8,16H,6,9-11H2,1-3H3. The number of nitrogens with zero attached hydrogens (tertiary/aromatic N) is 6. The van der Waals surface area contributed by atoms with Crippen LogP contribution in [-0.4, -0.2) is 58.2 Å². The summed E-state index contributed by atoms with van der Waals surface area (Å²) in [5.74, 6) is 1.51. The van der Waals surface area contributed by atoms with E-state index in [0.717, 1.165) is 34.8 Å². The van der Waals surface area contributed by atoms with Gasteiger partial charge in [0.2, 0.25) is 6.10 Å². The van der Waals surface area contributed by atoms with Crippen molar-refractivity contribution in [3.05, 3.63) is 35.8 Å². The second-order valence-electron chi connectivity index (χ2n) is 7.06. The van der Waals surface area contributed by atoms with Gasteiger partial charge < -0.3 is 14.6 Å². The number of pyridine rings is 1. The van der Waals surface area contributed by atoms with Crippen molar-refractivity contribution in [1.29, 1.82) is 0 Å². The summed E-state index contributed by atoms with van der Waals surface area (Å²) in [6.07, 6.45) is 4.21. The van der Waals surface area contributed by atoms with Crippen molar-refractivity contribution < 1.29 is 9.63 Å². The third kappa shape index (κ3) is 3.34. The fraction of sp³-hybridized carbons (Fsp3) is 0.421. The number of hydrogen-bond donors (Lipinski definition) is 0. The number of hydrogen-bond acceptors (Lipinski definition) is 7. The first-order chi connectivity index (χ1) is 13.0. The Balaban J connectivity index is 1.65. The van der Waals surface area contributed by atoms with Crippen molar-refractivity contribution in [2.75, 3.05) is 25.5 Å². The molecule has 1 unspecified atom stereocenters. The van der Waals surface area contributed by atoms with Crippen LogP contribution in [0, 0.1) is 0 Å². The molecule has 0 radical (unpaired) electrons. The Morgan fingerprint density at radius 3 is 2.70 bits per heavy atom. The fourth-order valence-electron chi connectivity index (χ4n) is 3.43. The molecular formula is C19H22N6O2. The van der Waals surface area contributed by atoms with E-state index in [1.165, 1.54) is 0 Å². The van der Waals surface area contributed by atoms with Crippen molar-refractivity contribution in [2.45, 2.75) is 32.4 Å². The first-order valence-corrected chi connectivity index (χ1v) is 8.98. The third-order valence-electron chi connectivity index (χ3n) is 4.81. The molecular weight excluding hydrogens is 344 g/mol. The van der Waals surface area contributed by atoms with Gasteiger partial charge in [0.25, 0.3) is 5.91 Å². The SMILES string of the molecule is CC1=NOC(C(=O)N2CCc3c(nc(-c4ccncc4)nc3N(C)C)C2)C1. The maximum Gasteiger partial charge on any atom is 0.267 e. The maximum atomic E-state index is 12.8. The number of oxime groups is 1. The first kappa shape index (κ1) is 17.4. The molecule has 8 nitrogen and oxygen atoms in total. The monoisotopic (exact) mass is 366 g/mol. The smallest absolute Gasteiger partial charge is 0.267 e. The van der Waals surface area contributed by atoms with Gasteiger partial charge in [-0.2, -0.15) is 0 Å². The molecule has 2 aromatic rings. The number of fused-ring (bicyclic) bond motifs is 1. The van der Waals surface area contributed by atoms with Gasteiger partial charge in [0, 0.05) is 50.6 Å². The Kier molecular flexibility index (Phi) is 4.47. The number of anilines is 1. The lowest BCUT2D eigenvalue weighted by molar-refractivity contribution is -0.143. The normalized spacial score (nSPS) is 18.6. The molecule has 0 aliphatic carbocycles. The van der Waals surface area contributed by atoms with Gasteiger partial charge in [0.1, 0.15) is 5.82 Å². The van der Waals surface area contributed by atoms with Crippen LogP contribution in [0.4, 0.5) is 5.82 Å². The van der Waals surface area contributed by atoms with Crippen molar-refractivity contribution >= 4 is 17.4 Å². The van der Waals surface area contributed by atoms with Crippen molar-refractivity contribution in [1.82, 2.24) is 19.9 Å². The Morgan fingerprint density at radius 2 is 2.04 bits per heavy atom. The molecule has 0 saturated heterocycles. The van der Waals surface area contributed by atoms with E-state index in [9.17, 15) is 4.79 Å². The van der Waals surface area contributed by atoms with E-state index in [-0.39, 0.29) is 5.91 Å². The first-order valence-electron chi connectivity index (χ1n) is 8.98. The topological polar surface area (TPSA) is 83.8 Å². The number of carbonyl (C=O) groups is 1. The molecule has 0 fully saturated rings. The quantitative estimate of drug-likeness (QED) is 0.821. The molecule has 0 aromatic carbocycles. The highest BCUT2D eigenvalue weighted by atomic mass is 16.6. The number of aromatic nitrogens is 3. The molecule has 0 N–H and O–H groups in total. The Morgan fingerprint density at radius 1 is 1.26 bits per heavy atom. The van der Waals surface area contributed by atoms with Gasteiger partial charge in [0.05, 0.1) is 18.0 Å². The van der Waals surface area contributed by atoms with Crippen LogP contribution >= 0.6 is 0 Å². The van der Waals surface area contributed by atoms with E-state index >= 15 is 0 Å². The summed E-state index contributed by atoms with van der Waals surface area (Å²) in [6.45, 7) is 2.95. The zero-order valence-electron chi connectivity index (χ0n) is 15.7. The minimum atomic E-state index is -0.513. The zero-order chi connectivity index (χ0) is 19.0. The average Bonchev–Trinajstić information content (AvgIpc) is 3.13. The molecule has 0 spiro atoms. The van der Waals surface area contributed by atoms with Gasteiger partial charge in [-0.3, -0.25) is 9.78 Å². The van der Waals surface area contributed by atoms with Crippen LogP contribution in [0.5, 0.6) is 0 Å². The Hall–Kier alpha value is -3.03. The lowest BCUT2D eigenvalue weighted by atomic mass is 10.0. The highest BCUT2D eigenvalue weighted by Crippen LogP contribution is 2.29. The van der Waals surface area contributed by atoms with E-state index in [4.69, 9.17) is 14.8 Å². The van der Waals surface area contributed by atoms with Crippen molar-refractivity contribution in [3.63, 3.8) is 0 Å². The summed E-state index contributed by atoms with van der Waals surface area (Å²) in [5, 5.41) is 3.90. The van der Waals surface area contributed by atoms with E-state index in [0.29, 0.717) is 25.3 Å². The number of rotatable bonds is 3. The molecule has 2 aliphatic rings. The molecule has 140 valence electrons. The molecule has 0 bridgehead atoms. The predicted molar refractivity (Wildman–Crippen MR) is 101 cm³/mol. The van der Waals surface area contributed by atoms with Crippen LogP contribution in [0.2, 0.25) is 0 Å². The number of amides is 1. The fourth-order valence-corrected chi connectivity index (χ4v) is 3.43. The third-order valence-corrected chi connectivity index (χ3v) is 4.81. The molecule has 2 aromatic heterocycles. The van der Waals surface area contributed by atoms with Crippen LogP contribution in [0.1, 0.15) is 24.6 Å². The molecule has 1 atom stereocenters. The summed E-state index contributed by atoms with van der Waals surface area (Å²) >= 11 is 0. The average molecular weight is 366 g/mol. The molecule has 4 rings (SSSR count). The Labute approximate surface area is 157 Å². The minimum absolute atomic E-state index is 0.0308. The van der Waals surface area contributed by atoms with Gasteiger partial charge in [-0.1, -0.05) is 5.16 Å². The summed E-state index contributed by atoms with van der Waals surface area (Å²) in [7, 11) is 3.95. The summed E-state index contributed by atoms with van der Waals surface area (Å²) in [4.78, 5) is 35.5. The predicted octanol–water partition coefficient (Wildman–Crippen LogP) is 1.65. The van der Waals surface area contributed by atoms with Crippen LogP contribution in [0.25, 0.3) is 11.4 Å². The number of carbonyl (C=O) groups excluding carboxylic acids is 1. The summed E-state index contributed by atoms with van der Waals surface area (Å²) in [5.41, 5.74) is 3.74. The largest absolute Gasteiger partial charge is 0.382 e. The van der Waals surface area contributed by atoms with E-state index in [1.807, 2.05) is 43.0 Å². The van der Waals surface area contributed by atoms with Crippen LogP contribution < -0.4 is 4.90 Å². The Bertz CT molecular complexity index is 897. The molecule has 4 heterocycles. The van der Waals surface area contributed by atoms with Gasteiger partial charge >= 0.3 is 0 Å². The van der Waals surface area contributed by atoms with E-state index in [1.54, 1.807) is 12.4 Å². The molecule has 0 saturated carbocycles. The molecule has 27 heavy (non-hydrogen) atoms. The molecule has 8 heteroatoms. The molecule has 1 amide bonds. The maximum absolute atomic E-state index is 12.8. The van der Waals surface area contributed by atoms with Crippen molar-refractivity contribution in [3.8, 4) is 11.4 Å².